The third kappa shape index (κ3) is 5.53. The number of likely N-dealkylation sites (tertiary alicyclic amines) is 1. The minimum absolute atomic E-state index is 0.140. The Hall–Kier alpha value is -3.44. The summed E-state index contributed by atoms with van der Waals surface area (Å²) in [6.07, 6.45) is 9.79. The normalized spacial score (nSPS) is 23.6. The summed E-state index contributed by atoms with van der Waals surface area (Å²) in [5, 5.41) is 0. The molecule has 0 radical (unpaired) electrons. The molecule has 43 heavy (non-hydrogen) atoms. The van der Waals surface area contributed by atoms with Gasteiger partial charge >= 0.3 is 0 Å². The van der Waals surface area contributed by atoms with E-state index in [-0.39, 0.29) is 5.41 Å². The van der Waals surface area contributed by atoms with E-state index in [9.17, 15) is 4.79 Å². The summed E-state index contributed by atoms with van der Waals surface area (Å²) in [5.74, 6) is 1.47. The number of imidazole rings is 1. The largest absolute Gasteiger partial charge is 0.343 e. The van der Waals surface area contributed by atoms with Gasteiger partial charge in [0.05, 0.1) is 11.0 Å². The second-order valence-electron chi connectivity index (χ2n) is 13.5. The molecule has 0 aliphatic carbocycles. The standard InChI is InChI=1S/C38H46N4O/c1-28-10-6-7-11-30(28)16-19-37(43)40-23-20-38(21-24-40,31-12-4-3-5-13-31)22-25-41-32-17-18-33(41)27-34(26-32)42-29(2)39-35-14-8-9-15-36(35)42/h3-15,32-34H,16-27H2,1-2H3/t32-,33+,34?. The van der Waals surface area contributed by atoms with Crippen molar-refractivity contribution in [3.05, 3.63) is 101 Å². The van der Waals surface area contributed by atoms with Gasteiger partial charge in [-0.15, -0.1) is 0 Å². The second-order valence-corrected chi connectivity index (χ2v) is 13.5. The maximum atomic E-state index is 13.3. The predicted molar refractivity (Wildman–Crippen MR) is 174 cm³/mol. The highest BCUT2D eigenvalue weighted by Crippen LogP contribution is 2.45. The molecule has 5 heteroatoms. The van der Waals surface area contributed by atoms with Gasteiger partial charge in [0.1, 0.15) is 5.82 Å². The molecule has 5 nitrogen and oxygen atoms in total. The van der Waals surface area contributed by atoms with Crippen LogP contribution in [0.4, 0.5) is 0 Å². The SMILES string of the molecule is Cc1ccccc1CCC(=O)N1CCC(CCN2[C@@H]3CC[C@H]2CC(n2c(C)nc4ccccc42)C3)(c2ccccc2)CC1. The first-order chi connectivity index (χ1) is 21.0. The molecule has 1 unspecified atom stereocenters. The highest BCUT2D eigenvalue weighted by Gasteiger charge is 2.44. The maximum Gasteiger partial charge on any atom is 0.222 e. The van der Waals surface area contributed by atoms with Crippen LogP contribution >= 0.6 is 0 Å². The number of amides is 1. The molecule has 0 spiro atoms. The van der Waals surface area contributed by atoms with Crippen LogP contribution in [-0.2, 0) is 16.6 Å². The highest BCUT2D eigenvalue weighted by molar-refractivity contribution is 5.77. The number of hydrogen-bond acceptors (Lipinski definition) is 3. The number of hydrogen-bond donors (Lipinski definition) is 0. The van der Waals surface area contributed by atoms with Crippen LogP contribution in [0.5, 0.6) is 0 Å². The van der Waals surface area contributed by atoms with Crippen molar-refractivity contribution < 1.29 is 4.79 Å². The molecule has 7 rings (SSSR count). The van der Waals surface area contributed by atoms with Crippen LogP contribution in [0.15, 0.2) is 78.9 Å². The number of fused-ring (bicyclic) bond motifs is 3. The zero-order chi connectivity index (χ0) is 29.4. The average molecular weight is 575 g/mol. The number of benzene rings is 3. The molecule has 2 bridgehead atoms. The lowest BCUT2D eigenvalue weighted by Crippen LogP contribution is -2.49. The Labute approximate surface area is 256 Å². The molecule has 4 heterocycles. The lowest BCUT2D eigenvalue weighted by atomic mass is 9.70. The number of piperidine rings is 2. The second kappa shape index (κ2) is 11.9. The van der Waals surface area contributed by atoms with Crippen molar-refractivity contribution in [1.82, 2.24) is 19.4 Å². The summed E-state index contributed by atoms with van der Waals surface area (Å²) in [5.41, 5.74) is 6.59. The van der Waals surface area contributed by atoms with Gasteiger partial charge in [-0.1, -0.05) is 66.7 Å². The van der Waals surface area contributed by atoms with Crippen LogP contribution < -0.4 is 0 Å². The van der Waals surface area contributed by atoms with Crippen LogP contribution in [0.3, 0.4) is 0 Å². The molecule has 0 N–H and O–H groups in total. The van der Waals surface area contributed by atoms with E-state index in [1.165, 1.54) is 54.3 Å². The molecule has 1 aromatic heterocycles. The molecule has 4 aromatic rings. The number of nitrogens with zero attached hydrogens (tertiary/aromatic N) is 4. The fraction of sp³-hybridized carbons (Fsp3) is 0.474. The summed E-state index contributed by atoms with van der Waals surface area (Å²) in [7, 11) is 0. The summed E-state index contributed by atoms with van der Waals surface area (Å²) >= 11 is 0. The molecule has 224 valence electrons. The number of aromatic nitrogens is 2. The highest BCUT2D eigenvalue weighted by atomic mass is 16.2. The van der Waals surface area contributed by atoms with Crippen LogP contribution in [0.25, 0.3) is 11.0 Å². The molecule has 1 amide bonds. The van der Waals surface area contributed by atoms with Crippen molar-refractivity contribution in [2.45, 2.75) is 95.2 Å². The van der Waals surface area contributed by atoms with E-state index in [2.05, 4.69) is 107 Å². The van der Waals surface area contributed by atoms with Crippen molar-refractivity contribution in [3.8, 4) is 0 Å². The Morgan fingerprint density at radius 1 is 0.837 bits per heavy atom. The van der Waals surface area contributed by atoms with E-state index in [1.54, 1.807) is 0 Å². The van der Waals surface area contributed by atoms with Crippen molar-refractivity contribution >= 4 is 16.9 Å². The third-order valence-electron chi connectivity index (χ3n) is 11.2. The first-order valence-corrected chi connectivity index (χ1v) is 16.6. The van der Waals surface area contributed by atoms with Gasteiger partial charge in [-0.25, -0.2) is 4.98 Å². The summed E-state index contributed by atoms with van der Waals surface area (Å²) in [6.45, 7) is 7.21. The predicted octanol–water partition coefficient (Wildman–Crippen LogP) is 7.40. The minimum atomic E-state index is 0.140. The Balaban J connectivity index is 1.02. The van der Waals surface area contributed by atoms with Crippen molar-refractivity contribution in [2.24, 2.45) is 0 Å². The first kappa shape index (κ1) is 28.3. The van der Waals surface area contributed by atoms with Crippen molar-refractivity contribution in [3.63, 3.8) is 0 Å². The molecule has 3 atom stereocenters. The molecule has 3 aliphatic rings. The lowest BCUT2D eigenvalue weighted by Gasteiger charge is -2.45. The maximum absolute atomic E-state index is 13.3. The van der Waals surface area contributed by atoms with Crippen LogP contribution in [-0.4, -0.2) is 57.0 Å². The van der Waals surface area contributed by atoms with Crippen molar-refractivity contribution in [2.75, 3.05) is 19.6 Å². The number of carbonyl (C=O) groups is 1. The smallest absolute Gasteiger partial charge is 0.222 e. The monoisotopic (exact) mass is 574 g/mol. The van der Waals surface area contributed by atoms with Gasteiger partial charge in [0, 0.05) is 37.6 Å². The third-order valence-corrected chi connectivity index (χ3v) is 11.2. The number of carbonyl (C=O) groups excluding carboxylic acids is 1. The zero-order valence-corrected chi connectivity index (χ0v) is 25.9. The average Bonchev–Trinajstić information content (AvgIpc) is 3.50. The molecule has 3 fully saturated rings. The van der Waals surface area contributed by atoms with Gasteiger partial charge in [-0.2, -0.15) is 0 Å². The number of para-hydroxylation sites is 2. The van der Waals surface area contributed by atoms with Gasteiger partial charge in [0.25, 0.3) is 0 Å². The molecule has 0 saturated carbocycles. The fourth-order valence-corrected chi connectivity index (χ4v) is 8.74. The first-order valence-electron chi connectivity index (χ1n) is 16.6. The topological polar surface area (TPSA) is 41.4 Å². The van der Waals surface area contributed by atoms with E-state index >= 15 is 0 Å². The van der Waals surface area contributed by atoms with Crippen molar-refractivity contribution in [1.29, 1.82) is 0 Å². The summed E-state index contributed by atoms with van der Waals surface area (Å²) < 4.78 is 2.54. The van der Waals surface area contributed by atoms with Crippen LogP contribution in [0, 0.1) is 13.8 Å². The Morgan fingerprint density at radius 3 is 2.26 bits per heavy atom. The van der Waals surface area contributed by atoms with Crippen LogP contribution in [0.1, 0.15) is 79.9 Å². The Morgan fingerprint density at radius 2 is 1.51 bits per heavy atom. The zero-order valence-electron chi connectivity index (χ0n) is 25.9. The summed E-state index contributed by atoms with van der Waals surface area (Å²) in [6, 6.07) is 30.1. The molecular formula is C38H46N4O. The quantitative estimate of drug-likeness (QED) is 0.220. The number of aryl methyl sites for hydroxylation is 3. The van der Waals surface area contributed by atoms with E-state index in [0.29, 0.717) is 30.5 Å². The van der Waals surface area contributed by atoms with Gasteiger partial charge < -0.3 is 9.47 Å². The van der Waals surface area contributed by atoms with E-state index < -0.39 is 0 Å². The summed E-state index contributed by atoms with van der Waals surface area (Å²) in [4.78, 5) is 23.2. The lowest BCUT2D eigenvalue weighted by molar-refractivity contribution is -0.132. The molecular weight excluding hydrogens is 528 g/mol. The Bertz CT molecular complexity index is 1550. The van der Waals surface area contributed by atoms with Gasteiger partial charge in [0.15, 0.2) is 0 Å². The van der Waals surface area contributed by atoms with Gasteiger partial charge in [0.2, 0.25) is 5.91 Å². The van der Waals surface area contributed by atoms with E-state index in [0.717, 1.165) is 50.2 Å². The van der Waals surface area contributed by atoms with E-state index in [1.807, 2.05) is 0 Å². The molecule has 3 saturated heterocycles. The molecule has 3 aromatic carbocycles. The van der Waals surface area contributed by atoms with Crippen LogP contribution in [0.2, 0.25) is 0 Å². The minimum Gasteiger partial charge on any atom is -0.343 e. The fourth-order valence-electron chi connectivity index (χ4n) is 8.74. The van der Waals surface area contributed by atoms with Gasteiger partial charge in [-0.3, -0.25) is 9.69 Å². The molecule has 3 aliphatic heterocycles. The van der Waals surface area contributed by atoms with Gasteiger partial charge in [-0.05, 0) is 106 Å². The van der Waals surface area contributed by atoms with E-state index in [4.69, 9.17) is 4.98 Å². The number of rotatable bonds is 8. The Kier molecular flexibility index (Phi) is 7.85.